The zero-order valence-corrected chi connectivity index (χ0v) is 9.95. The minimum absolute atomic E-state index is 0.141. The zero-order chi connectivity index (χ0) is 12.4. The van der Waals surface area contributed by atoms with E-state index in [0.717, 1.165) is 0 Å². The van der Waals surface area contributed by atoms with Crippen molar-refractivity contribution in [2.24, 2.45) is 0 Å². The van der Waals surface area contributed by atoms with E-state index in [1.54, 1.807) is 13.8 Å². The minimum Gasteiger partial charge on any atom is -0.361 e. The van der Waals surface area contributed by atoms with Crippen LogP contribution in [0.5, 0.6) is 0 Å². The predicted molar refractivity (Wildman–Crippen MR) is 61.0 cm³/mol. The van der Waals surface area contributed by atoms with Gasteiger partial charge in [0, 0.05) is 6.20 Å². The van der Waals surface area contributed by atoms with Crippen LogP contribution in [0.2, 0.25) is 5.15 Å². The van der Waals surface area contributed by atoms with Gasteiger partial charge in [-0.25, -0.2) is 9.97 Å². The summed E-state index contributed by atoms with van der Waals surface area (Å²) in [5.74, 6) is 0.216. The van der Waals surface area contributed by atoms with Crippen molar-refractivity contribution in [3.8, 4) is 0 Å². The lowest BCUT2D eigenvalue weighted by molar-refractivity contribution is 0.102. The molecule has 2 heterocycles. The van der Waals surface area contributed by atoms with Crippen molar-refractivity contribution in [2.45, 2.75) is 13.8 Å². The molecular weight excluding hydrogens is 244 g/mol. The first-order chi connectivity index (χ1) is 8.08. The number of halogens is 1. The zero-order valence-electron chi connectivity index (χ0n) is 9.19. The first kappa shape index (κ1) is 11.5. The molecule has 2 rings (SSSR count). The Morgan fingerprint density at radius 2 is 2.24 bits per heavy atom. The van der Waals surface area contributed by atoms with Crippen LogP contribution < -0.4 is 5.32 Å². The van der Waals surface area contributed by atoms with Gasteiger partial charge in [-0.1, -0.05) is 16.8 Å². The standard InChI is InChI=1S/C10H9ClN4O2/c1-5-8(6(2)17-15-5)9(16)14-10-12-4-3-7(11)13-10/h3-4H,1-2H3,(H,12,13,14,16). The maximum Gasteiger partial charge on any atom is 0.263 e. The van der Waals surface area contributed by atoms with Crippen LogP contribution in [-0.4, -0.2) is 21.0 Å². The van der Waals surface area contributed by atoms with E-state index in [4.69, 9.17) is 16.1 Å². The molecule has 0 bridgehead atoms. The fourth-order valence-corrected chi connectivity index (χ4v) is 1.50. The lowest BCUT2D eigenvalue weighted by atomic mass is 10.2. The van der Waals surface area contributed by atoms with Crippen molar-refractivity contribution in [3.63, 3.8) is 0 Å². The number of nitrogens with zero attached hydrogens (tertiary/aromatic N) is 3. The van der Waals surface area contributed by atoms with Crippen molar-refractivity contribution in [1.29, 1.82) is 0 Å². The topological polar surface area (TPSA) is 80.9 Å². The molecule has 0 radical (unpaired) electrons. The molecule has 2 aromatic rings. The third-order valence-electron chi connectivity index (χ3n) is 2.11. The van der Waals surface area contributed by atoms with Gasteiger partial charge < -0.3 is 4.52 Å². The maximum atomic E-state index is 11.9. The molecule has 1 amide bonds. The normalized spacial score (nSPS) is 10.3. The van der Waals surface area contributed by atoms with Crippen LogP contribution in [0.1, 0.15) is 21.8 Å². The SMILES string of the molecule is Cc1noc(C)c1C(=O)Nc1nccc(Cl)n1. The number of rotatable bonds is 2. The average molecular weight is 253 g/mol. The quantitative estimate of drug-likeness (QED) is 0.827. The number of hydrogen-bond donors (Lipinski definition) is 1. The Morgan fingerprint density at radius 1 is 1.47 bits per heavy atom. The molecule has 17 heavy (non-hydrogen) atoms. The number of nitrogens with one attached hydrogen (secondary N) is 1. The average Bonchev–Trinajstić information content (AvgIpc) is 2.58. The lowest BCUT2D eigenvalue weighted by Gasteiger charge is -2.02. The van der Waals surface area contributed by atoms with E-state index in [1.807, 2.05) is 0 Å². The summed E-state index contributed by atoms with van der Waals surface area (Å²) >= 11 is 5.68. The maximum absolute atomic E-state index is 11.9. The number of aromatic nitrogens is 3. The van der Waals surface area contributed by atoms with E-state index in [2.05, 4.69) is 20.4 Å². The number of amides is 1. The van der Waals surface area contributed by atoms with Crippen molar-refractivity contribution in [2.75, 3.05) is 5.32 Å². The molecule has 0 aliphatic carbocycles. The summed E-state index contributed by atoms with van der Waals surface area (Å²) in [6.07, 6.45) is 1.46. The Morgan fingerprint density at radius 3 is 2.82 bits per heavy atom. The van der Waals surface area contributed by atoms with E-state index in [0.29, 0.717) is 17.0 Å². The van der Waals surface area contributed by atoms with Gasteiger partial charge in [0.1, 0.15) is 16.5 Å². The smallest absolute Gasteiger partial charge is 0.263 e. The molecule has 0 atom stereocenters. The Bertz CT molecular complexity index is 548. The molecular formula is C10H9ClN4O2. The summed E-state index contributed by atoms with van der Waals surface area (Å²) in [5.41, 5.74) is 0.899. The molecule has 0 fully saturated rings. The second kappa shape index (κ2) is 4.50. The molecule has 0 spiro atoms. The van der Waals surface area contributed by atoms with Gasteiger partial charge in [0.25, 0.3) is 5.91 Å². The molecule has 7 heteroatoms. The third kappa shape index (κ3) is 2.42. The number of carbonyl (C=O) groups is 1. The molecule has 0 unspecified atom stereocenters. The number of aryl methyl sites for hydroxylation is 2. The molecule has 88 valence electrons. The van der Waals surface area contributed by atoms with E-state index < -0.39 is 0 Å². The van der Waals surface area contributed by atoms with E-state index >= 15 is 0 Å². The fourth-order valence-electron chi connectivity index (χ4n) is 1.37. The third-order valence-corrected chi connectivity index (χ3v) is 2.32. The summed E-state index contributed by atoms with van der Waals surface area (Å²) in [7, 11) is 0. The second-order valence-electron chi connectivity index (χ2n) is 3.36. The van der Waals surface area contributed by atoms with Gasteiger partial charge in [0.2, 0.25) is 5.95 Å². The Labute approximate surface area is 102 Å². The fraction of sp³-hybridized carbons (Fsp3) is 0.200. The van der Waals surface area contributed by atoms with Gasteiger partial charge in [-0.15, -0.1) is 0 Å². The van der Waals surface area contributed by atoms with Gasteiger partial charge >= 0.3 is 0 Å². The highest BCUT2D eigenvalue weighted by atomic mass is 35.5. The van der Waals surface area contributed by atoms with Gasteiger partial charge in [-0.3, -0.25) is 10.1 Å². The van der Waals surface area contributed by atoms with Crippen molar-refractivity contribution in [3.05, 3.63) is 34.4 Å². The molecule has 6 nitrogen and oxygen atoms in total. The number of carbonyl (C=O) groups excluding carboxylic acids is 1. The largest absolute Gasteiger partial charge is 0.361 e. The predicted octanol–water partition coefficient (Wildman–Crippen LogP) is 1.99. The van der Waals surface area contributed by atoms with Gasteiger partial charge in [0.15, 0.2) is 0 Å². The van der Waals surface area contributed by atoms with Crippen LogP contribution in [0, 0.1) is 13.8 Å². The first-order valence-electron chi connectivity index (χ1n) is 4.80. The highest BCUT2D eigenvalue weighted by Crippen LogP contribution is 2.14. The summed E-state index contributed by atoms with van der Waals surface area (Å²) in [6.45, 7) is 3.35. The van der Waals surface area contributed by atoms with Crippen molar-refractivity contribution >= 4 is 23.5 Å². The minimum atomic E-state index is -0.372. The molecule has 0 saturated heterocycles. The highest BCUT2D eigenvalue weighted by Gasteiger charge is 2.18. The molecule has 0 aliphatic rings. The summed E-state index contributed by atoms with van der Waals surface area (Å²) in [4.78, 5) is 19.6. The van der Waals surface area contributed by atoms with E-state index in [1.165, 1.54) is 12.3 Å². The van der Waals surface area contributed by atoms with Crippen LogP contribution in [0.4, 0.5) is 5.95 Å². The molecule has 0 saturated carbocycles. The lowest BCUT2D eigenvalue weighted by Crippen LogP contribution is -2.15. The molecule has 0 aromatic carbocycles. The number of anilines is 1. The Hall–Kier alpha value is -1.95. The van der Waals surface area contributed by atoms with E-state index in [9.17, 15) is 4.79 Å². The summed E-state index contributed by atoms with van der Waals surface area (Å²) in [5, 5.41) is 6.47. The highest BCUT2D eigenvalue weighted by molar-refractivity contribution is 6.29. The van der Waals surface area contributed by atoms with E-state index in [-0.39, 0.29) is 17.0 Å². The van der Waals surface area contributed by atoms with Crippen LogP contribution in [0.25, 0.3) is 0 Å². The van der Waals surface area contributed by atoms with Crippen molar-refractivity contribution in [1.82, 2.24) is 15.1 Å². The van der Waals surface area contributed by atoms with Gasteiger partial charge in [0.05, 0.1) is 5.69 Å². The Kier molecular flexibility index (Phi) is 3.06. The monoisotopic (exact) mass is 252 g/mol. The second-order valence-corrected chi connectivity index (χ2v) is 3.74. The first-order valence-corrected chi connectivity index (χ1v) is 5.18. The van der Waals surface area contributed by atoms with Gasteiger partial charge in [-0.05, 0) is 19.9 Å². The van der Waals surface area contributed by atoms with Crippen LogP contribution in [0.3, 0.4) is 0 Å². The van der Waals surface area contributed by atoms with Crippen LogP contribution in [0.15, 0.2) is 16.8 Å². The number of hydrogen-bond acceptors (Lipinski definition) is 5. The molecule has 1 N–H and O–H groups in total. The van der Waals surface area contributed by atoms with Crippen molar-refractivity contribution < 1.29 is 9.32 Å². The van der Waals surface area contributed by atoms with Crippen LogP contribution in [-0.2, 0) is 0 Å². The Balaban J connectivity index is 2.23. The van der Waals surface area contributed by atoms with Crippen LogP contribution >= 0.6 is 11.6 Å². The van der Waals surface area contributed by atoms with Gasteiger partial charge in [-0.2, -0.15) is 0 Å². The molecule has 0 aliphatic heterocycles. The summed E-state index contributed by atoms with van der Waals surface area (Å²) < 4.78 is 4.90. The molecule has 2 aromatic heterocycles. The summed E-state index contributed by atoms with van der Waals surface area (Å²) in [6, 6.07) is 1.52.